The summed E-state index contributed by atoms with van der Waals surface area (Å²) in [4.78, 5) is 5.82. The Bertz CT molecular complexity index is 801. The fourth-order valence-corrected chi connectivity index (χ4v) is 2.77. The highest BCUT2D eigenvalue weighted by molar-refractivity contribution is 7.19. The van der Waals surface area contributed by atoms with Gasteiger partial charge in [0.25, 0.3) is 0 Å². The Morgan fingerprint density at radius 2 is 2.22 bits per heavy atom. The molecule has 3 aromatic rings. The molecule has 0 saturated carbocycles. The third kappa shape index (κ3) is 1.47. The van der Waals surface area contributed by atoms with Gasteiger partial charge in [-0.05, 0) is 24.3 Å². The zero-order valence-corrected chi connectivity index (χ0v) is 10.4. The molecule has 0 aliphatic rings. The van der Waals surface area contributed by atoms with E-state index in [2.05, 4.69) is 11.1 Å². The highest BCUT2D eigenvalue weighted by Gasteiger charge is 2.11. The number of methoxy groups -OCH3 is 1. The number of rotatable bonds is 1. The summed E-state index contributed by atoms with van der Waals surface area (Å²) in [5, 5.41) is 10.8. The van der Waals surface area contributed by atoms with Crippen molar-refractivity contribution in [2.24, 2.45) is 0 Å². The molecule has 0 atom stereocenters. The summed E-state index contributed by atoms with van der Waals surface area (Å²) in [6.45, 7) is 0. The number of nitriles is 1. The Balaban J connectivity index is 2.39. The van der Waals surface area contributed by atoms with Gasteiger partial charge in [0.05, 0.1) is 18.3 Å². The maximum Gasteiger partial charge on any atom is 0.130 e. The van der Waals surface area contributed by atoms with Crippen molar-refractivity contribution in [1.29, 1.82) is 5.26 Å². The van der Waals surface area contributed by atoms with Crippen LogP contribution in [0.5, 0.6) is 5.75 Å². The van der Waals surface area contributed by atoms with Crippen LogP contribution in [-0.2, 0) is 0 Å². The summed E-state index contributed by atoms with van der Waals surface area (Å²) < 4.78 is 5.18. The second kappa shape index (κ2) is 3.86. The van der Waals surface area contributed by atoms with Crippen LogP contribution in [0.25, 0.3) is 21.1 Å². The first kappa shape index (κ1) is 10.8. The second-order valence-corrected chi connectivity index (χ2v) is 4.86. The van der Waals surface area contributed by atoms with Gasteiger partial charge in [-0.3, -0.25) is 0 Å². The lowest BCUT2D eigenvalue weighted by Crippen LogP contribution is -1.87. The summed E-state index contributed by atoms with van der Waals surface area (Å²) in [6, 6.07) is 9.71. The van der Waals surface area contributed by atoms with Crippen LogP contribution in [-0.4, -0.2) is 12.1 Å². The first-order chi connectivity index (χ1) is 8.72. The molecular formula is C13H9N3OS. The van der Waals surface area contributed by atoms with Gasteiger partial charge in [0.1, 0.15) is 21.5 Å². The normalized spacial score (nSPS) is 10.7. The van der Waals surface area contributed by atoms with Crippen molar-refractivity contribution >= 4 is 38.1 Å². The summed E-state index contributed by atoms with van der Waals surface area (Å²) in [5.41, 5.74) is 7.31. The molecule has 0 saturated heterocycles. The van der Waals surface area contributed by atoms with Crippen molar-refractivity contribution in [2.45, 2.75) is 0 Å². The van der Waals surface area contributed by atoms with Crippen LogP contribution in [0.3, 0.4) is 0 Å². The maximum absolute atomic E-state index is 8.97. The van der Waals surface area contributed by atoms with E-state index in [4.69, 9.17) is 15.7 Å². The lowest BCUT2D eigenvalue weighted by molar-refractivity contribution is 0.415. The van der Waals surface area contributed by atoms with Gasteiger partial charge in [-0.15, -0.1) is 11.3 Å². The van der Waals surface area contributed by atoms with Crippen molar-refractivity contribution in [3.8, 4) is 11.8 Å². The molecule has 88 valence electrons. The average Bonchev–Trinajstić information content (AvgIpc) is 2.72. The Morgan fingerprint density at radius 3 is 2.94 bits per heavy atom. The number of nitrogens with zero attached hydrogens (tertiary/aromatic N) is 2. The Kier molecular flexibility index (Phi) is 2.32. The van der Waals surface area contributed by atoms with E-state index in [1.165, 1.54) is 11.3 Å². The molecule has 0 aliphatic heterocycles. The first-order valence-electron chi connectivity index (χ1n) is 5.30. The predicted molar refractivity (Wildman–Crippen MR) is 72.8 cm³/mol. The van der Waals surface area contributed by atoms with E-state index in [1.807, 2.05) is 24.3 Å². The molecule has 1 aromatic carbocycles. The minimum absolute atomic E-state index is 0.509. The summed E-state index contributed by atoms with van der Waals surface area (Å²) in [7, 11) is 1.62. The molecule has 0 bridgehead atoms. The fourth-order valence-electron chi connectivity index (χ4n) is 1.89. The van der Waals surface area contributed by atoms with Gasteiger partial charge in [0.15, 0.2) is 0 Å². The molecule has 3 rings (SSSR count). The lowest BCUT2D eigenvalue weighted by Gasteiger charge is -2.02. The Morgan fingerprint density at radius 1 is 1.39 bits per heavy atom. The zero-order valence-electron chi connectivity index (χ0n) is 9.60. The van der Waals surface area contributed by atoms with E-state index < -0.39 is 0 Å². The number of nitrogens with two attached hydrogens (primary N) is 1. The number of fused-ring (bicyclic) bond motifs is 2. The van der Waals surface area contributed by atoms with Crippen LogP contribution >= 0.6 is 11.3 Å². The van der Waals surface area contributed by atoms with Crippen molar-refractivity contribution in [3.63, 3.8) is 0 Å². The first-order valence-corrected chi connectivity index (χ1v) is 6.11. The SMILES string of the molecule is COc1ccc2nc3sc(C#N)c(N)c3cc2c1. The van der Waals surface area contributed by atoms with Gasteiger partial charge in [-0.2, -0.15) is 5.26 Å². The standard InChI is InChI=1S/C13H9N3OS/c1-17-8-2-3-10-7(4-8)5-9-12(15)11(6-14)18-13(9)16-10/h2-5H,15H2,1H3. The van der Waals surface area contributed by atoms with Crippen LogP contribution in [0.15, 0.2) is 24.3 Å². The zero-order chi connectivity index (χ0) is 12.7. The summed E-state index contributed by atoms with van der Waals surface area (Å²) in [6.07, 6.45) is 0. The largest absolute Gasteiger partial charge is 0.497 e. The van der Waals surface area contributed by atoms with Crippen LogP contribution in [0.1, 0.15) is 4.88 Å². The quantitative estimate of drug-likeness (QED) is 0.725. The molecule has 2 aromatic heterocycles. The molecule has 0 spiro atoms. The van der Waals surface area contributed by atoms with Gasteiger partial charge < -0.3 is 10.5 Å². The van der Waals surface area contributed by atoms with Gasteiger partial charge in [-0.1, -0.05) is 0 Å². The van der Waals surface area contributed by atoms with E-state index in [0.29, 0.717) is 10.6 Å². The minimum atomic E-state index is 0.509. The number of pyridine rings is 1. The third-order valence-electron chi connectivity index (χ3n) is 2.82. The number of hydrogen-bond acceptors (Lipinski definition) is 5. The topological polar surface area (TPSA) is 71.9 Å². The number of benzene rings is 1. The van der Waals surface area contributed by atoms with Gasteiger partial charge in [-0.25, -0.2) is 4.98 Å². The molecule has 0 fully saturated rings. The highest BCUT2D eigenvalue weighted by atomic mass is 32.1. The van der Waals surface area contributed by atoms with Gasteiger partial charge in [0, 0.05) is 10.8 Å². The van der Waals surface area contributed by atoms with Crippen LogP contribution in [0.4, 0.5) is 5.69 Å². The molecule has 2 N–H and O–H groups in total. The summed E-state index contributed by atoms with van der Waals surface area (Å²) in [5.74, 6) is 0.776. The maximum atomic E-state index is 8.97. The molecule has 0 amide bonds. The lowest BCUT2D eigenvalue weighted by atomic mass is 10.1. The van der Waals surface area contributed by atoms with E-state index in [9.17, 15) is 0 Å². The van der Waals surface area contributed by atoms with Crippen molar-refractivity contribution in [2.75, 3.05) is 12.8 Å². The number of hydrogen-bond donors (Lipinski definition) is 1. The van der Waals surface area contributed by atoms with E-state index in [0.717, 1.165) is 26.9 Å². The summed E-state index contributed by atoms with van der Waals surface area (Å²) >= 11 is 1.32. The molecule has 0 aliphatic carbocycles. The second-order valence-electron chi connectivity index (χ2n) is 3.86. The third-order valence-corrected chi connectivity index (χ3v) is 3.84. The van der Waals surface area contributed by atoms with Crippen LogP contribution in [0.2, 0.25) is 0 Å². The number of thiophene rings is 1. The van der Waals surface area contributed by atoms with Crippen molar-refractivity contribution < 1.29 is 4.74 Å². The molecule has 2 heterocycles. The molecule has 0 radical (unpaired) electrons. The van der Waals surface area contributed by atoms with Crippen molar-refractivity contribution in [3.05, 3.63) is 29.1 Å². The smallest absolute Gasteiger partial charge is 0.130 e. The molecule has 18 heavy (non-hydrogen) atoms. The molecular weight excluding hydrogens is 246 g/mol. The molecule has 4 nitrogen and oxygen atoms in total. The Labute approximate surface area is 107 Å². The fraction of sp³-hybridized carbons (Fsp3) is 0.0769. The monoisotopic (exact) mass is 255 g/mol. The number of anilines is 1. The van der Waals surface area contributed by atoms with E-state index in [1.54, 1.807) is 7.11 Å². The van der Waals surface area contributed by atoms with Crippen LogP contribution in [0, 0.1) is 11.3 Å². The van der Waals surface area contributed by atoms with Crippen molar-refractivity contribution in [1.82, 2.24) is 4.98 Å². The van der Waals surface area contributed by atoms with E-state index in [-0.39, 0.29) is 0 Å². The number of nitrogen functional groups attached to an aromatic ring is 1. The van der Waals surface area contributed by atoms with E-state index >= 15 is 0 Å². The predicted octanol–water partition coefficient (Wildman–Crippen LogP) is 2.91. The van der Waals surface area contributed by atoms with Gasteiger partial charge >= 0.3 is 0 Å². The molecule has 0 unspecified atom stereocenters. The molecule has 5 heteroatoms. The highest BCUT2D eigenvalue weighted by Crippen LogP contribution is 2.34. The number of ether oxygens (including phenoxy) is 1. The Hall–Kier alpha value is -2.32. The number of aromatic nitrogens is 1. The van der Waals surface area contributed by atoms with Gasteiger partial charge in [0.2, 0.25) is 0 Å². The average molecular weight is 255 g/mol. The minimum Gasteiger partial charge on any atom is -0.497 e. The van der Waals surface area contributed by atoms with Crippen LogP contribution < -0.4 is 10.5 Å².